The Balaban J connectivity index is 4.04. The molecule has 0 fully saturated rings. The molecular weight excluding hydrogens is 984 g/mol. The van der Waals surface area contributed by atoms with Crippen molar-refractivity contribution in [2.45, 2.75) is 347 Å². The molecule has 9 heteroatoms. The third-order valence-electron chi connectivity index (χ3n) is 15.5. The molecule has 0 aromatic rings. The van der Waals surface area contributed by atoms with Crippen LogP contribution in [0.25, 0.3) is 0 Å². The molecule has 0 bridgehead atoms. The molecule has 3 atom stereocenters. The first-order valence-electron chi connectivity index (χ1n) is 34.0. The highest BCUT2D eigenvalue weighted by Crippen LogP contribution is 2.38. The van der Waals surface area contributed by atoms with Crippen molar-refractivity contribution in [3.8, 4) is 0 Å². The van der Waals surface area contributed by atoms with Crippen LogP contribution in [0.3, 0.4) is 0 Å². The summed E-state index contributed by atoms with van der Waals surface area (Å²) in [5.74, 6) is -0.205. The van der Waals surface area contributed by atoms with E-state index in [0.29, 0.717) is 17.4 Å². The van der Waals surface area contributed by atoms with E-state index in [-0.39, 0.29) is 12.5 Å². The van der Waals surface area contributed by atoms with Gasteiger partial charge in [0.25, 0.3) is 7.82 Å². The van der Waals surface area contributed by atoms with Crippen molar-refractivity contribution in [3.05, 3.63) is 48.6 Å². The van der Waals surface area contributed by atoms with E-state index in [1.54, 1.807) is 6.08 Å². The summed E-state index contributed by atoms with van der Waals surface area (Å²) < 4.78 is 23.4. The Kier molecular flexibility index (Phi) is 58.9. The smallest absolute Gasteiger partial charge is 0.268 e. The third kappa shape index (κ3) is 62.1. The highest BCUT2D eigenvalue weighted by Gasteiger charge is 2.23. The molecule has 0 heterocycles. The number of carbonyl (C=O) groups excluding carboxylic acids is 1. The minimum absolute atomic E-state index is 0.00803. The van der Waals surface area contributed by atoms with Crippen molar-refractivity contribution < 1.29 is 32.9 Å². The number of nitrogens with zero attached hydrogens (tertiary/aromatic N) is 1. The van der Waals surface area contributed by atoms with E-state index in [1.165, 1.54) is 270 Å². The topological polar surface area (TPSA) is 108 Å². The fourth-order valence-electron chi connectivity index (χ4n) is 10.2. The van der Waals surface area contributed by atoms with Crippen molar-refractivity contribution in [3.63, 3.8) is 0 Å². The van der Waals surface area contributed by atoms with Gasteiger partial charge in [0.15, 0.2) is 0 Å². The minimum Gasteiger partial charge on any atom is -0.756 e. The summed E-state index contributed by atoms with van der Waals surface area (Å²) in [6.45, 7) is 4.66. The van der Waals surface area contributed by atoms with Gasteiger partial charge in [-0.3, -0.25) is 9.36 Å². The largest absolute Gasteiger partial charge is 0.756 e. The van der Waals surface area contributed by atoms with Crippen LogP contribution in [0, 0.1) is 0 Å². The van der Waals surface area contributed by atoms with Gasteiger partial charge >= 0.3 is 0 Å². The predicted molar refractivity (Wildman–Crippen MR) is 339 cm³/mol. The SMILES string of the molecule is CCCCCCCCCC/C=C\CCCCCCCCCCCCCCCCCCCCCCCCCC(=O)NC(COP(=O)([O-])OCC[N+](C)(C)C)C(O)/C=C/CC/C=C/CC/C=C/CCCCCCCCCCCCC. The van der Waals surface area contributed by atoms with Crippen LogP contribution >= 0.6 is 7.82 Å². The van der Waals surface area contributed by atoms with Crippen LogP contribution in [0.1, 0.15) is 335 Å². The molecule has 0 saturated carbocycles. The Morgan fingerprint density at radius 1 is 0.436 bits per heavy atom. The second kappa shape index (κ2) is 60.1. The van der Waals surface area contributed by atoms with E-state index in [9.17, 15) is 19.4 Å². The molecule has 0 aliphatic carbocycles. The number of phosphoric acid groups is 1. The van der Waals surface area contributed by atoms with E-state index in [4.69, 9.17) is 9.05 Å². The number of aliphatic hydroxyl groups excluding tert-OH is 1. The molecule has 1 amide bonds. The van der Waals surface area contributed by atoms with Gasteiger partial charge in [-0.2, -0.15) is 0 Å². The average molecular weight is 1120 g/mol. The number of hydrogen-bond donors (Lipinski definition) is 2. The molecular formula is C69H133N2O6P. The fourth-order valence-corrected chi connectivity index (χ4v) is 10.9. The zero-order chi connectivity index (χ0) is 57.0. The highest BCUT2D eigenvalue weighted by molar-refractivity contribution is 7.45. The van der Waals surface area contributed by atoms with Crippen LogP contribution in [0.15, 0.2) is 48.6 Å². The zero-order valence-electron chi connectivity index (χ0n) is 52.6. The minimum atomic E-state index is -4.61. The molecule has 0 aromatic carbocycles. The van der Waals surface area contributed by atoms with Crippen molar-refractivity contribution in [2.24, 2.45) is 0 Å². The summed E-state index contributed by atoms with van der Waals surface area (Å²) >= 11 is 0. The second-order valence-electron chi connectivity index (χ2n) is 24.5. The number of rotatable bonds is 63. The molecule has 3 unspecified atom stereocenters. The van der Waals surface area contributed by atoms with Gasteiger partial charge in [-0.25, -0.2) is 0 Å². The molecule has 0 aliphatic rings. The lowest BCUT2D eigenvalue weighted by Crippen LogP contribution is -2.45. The van der Waals surface area contributed by atoms with E-state index >= 15 is 0 Å². The van der Waals surface area contributed by atoms with Gasteiger partial charge in [0.1, 0.15) is 13.2 Å². The summed E-state index contributed by atoms with van der Waals surface area (Å²) in [6, 6.07) is -0.910. The van der Waals surface area contributed by atoms with Crippen LogP contribution in [0.4, 0.5) is 0 Å². The van der Waals surface area contributed by atoms with E-state index in [0.717, 1.165) is 44.9 Å². The third-order valence-corrected chi connectivity index (χ3v) is 16.5. The van der Waals surface area contributed by atoms with Crippen molar-refractivity contribution in [1.82, 2.24) is 5.32 Å². The van der Waals surface area contributed by atoms with Crippen molar-refractivity contribution >= 4 is 13.7 Å². The first kappa shape index (κ1) is 76.5. The first-order chi connectivity index (χ1) is 38.0. The molecule has 78 heavy (non-hydrogen) atoms. The van der Waals surface area contributed by atoms with Gasteiger partial charge in [-0.15, -0.1) is 0 Å². The first-order valence-corrected chi connectivity index (χ1v) is 35.5. The molecule has 2 N–H and O–H groups in total. The van der Waals surface area contributed by atoms with Crippen LogP contribution in [0.5, 0.6) is 0 Å². The number of aliphatic hydroxyl groups is 1. The number of allylic oxidation sites excluding steroid dienone is 7. The maximum Gasteiger partial charge on any atom is 0.268 e. The van der Waals surface area contributed by atoms with Gasteiger partial charge in [-0.1, -0.05) is 306 Å². The molecule has 0 spiro atoms. The van der Waals surface area contributed by atoms with Gasteiger partial charge in [0.2, 0.25) is 5.91 Å². The summed E-state index contributed by atoms with van der Waals surface area (Å²) in [5, 5.41) is 13.9. The molecule has 460 valence electrons. The molecule has 0 radical (unpaired) electrons. The maximum atomic E-state index is 13.0. The maximum absolute atomic E-state index is 13.0. The van der Waals surface area contributed by atoms with Crippen LogP contribution in [-0.2, 0) is 18.4 Å². The van der Waals surface area contributed by atoms with E-state index in [2.05, 4.69) is 55.6 Å². The number of hydrogen-bond acceptors (Lipinski definition) is 6. The molecule has 0 saturated heterocycles. The summed E-state index contributed by atoms with van der Waals surface area (Å²) in [7, 11) is 1.25. The quantitative estimate of drug-likeness (QED) is 0.0272. The number of nitrogens with one attached hydrogen (secondary N) is 1. The van der Waals surface area contributed by atoms with Gasteiger partial charge in [0.05, 0.1) is 39.9 Å². The van der Waals surface area contributed by atoms with Crippen molar-refractivity contribution in [1.29, 1.82) is 0 Å². The summed E-state index contributed by atoms with van der Waals surface area (Å²) in [5.41, 5.74) is 0. The summed E-state index contributed by atoms with van der Waals surface area (Å²) in [6.07, 6.45) is 81.0. The Hall–Kier alpha value is -1.54. The Bertz CT molecular complexity index is 1410. The number of amides is 1. The molecule has 0 aromatic heterocycles. The van der Waals surface area contributed by atoms with Crippen LogP contribution in [-0.4, -0.2) is 68.5 Å². The van der Waals surface area contributed by atoms with E-state index < -0.39 is 26.6 Å². The zero-order valence-corrected chi connectivity index (χ0v) is 53.5. The standard InChI is InChI=1S/C69H133N2O6P/c1-6-8-10-12-14-16-18-20-22-24-26-28-29-30-31-32-33-34-35-36-37-38-39-40-41-43-45-47-49-51-53-55-57-59-61-63-69(73)70-67(66-77-78(74,75)76-65-64-71(3,4)5)68(72)62-60-58-56-54-52-50-48-46-44-42-27-25-23-21-19-17-15-13-11-9-7-2/h24,26,44,46,52,54,60,62,67-68,72H,6-23,25,27-43,45,47-51,53,55-59,61,63-66H2,1-5H3,(H-,70,73,74,75)/b26-24-,46-44+,54-52+,62-60+. The Morgan fingerprint density at radius 3 is 1.04 bits per heavy atom. The number of quaternary nitrogens is 1. The highest BCUT2D eigenvalue weighted by atomic mass is 31.2. The average Bonchev–Trinajstić information content (AvgIpc) is 3.41. The van der Waals surface area contributed by atoms with Crippen LogP contribution in [0.2, 0.25) is 0 Å². The van der Waals surface area contributed by atoms with Gasteiger partial charge in [0, 0.05) is 6.42 Å². The second-order valence-corrected chi connectivity index (χ2v) is 25.9. The van der Waals surface area contributed by atoms with Crippen LogP contribution < -0.4 is 10.2 Å². The number of phosphoric ester groups is 1. The van der Waals surface area contributed by atoms with Gasteiger partial charge < -0.3 is 28.8 Å². The van der Waals surface area contributed by atoms with Gasteiger partial charge in [-0.05, 0) is 70.6 Å². The molecule has 0 rings (SSSR count). The Labute approximate surface area is 486 Å². The fraction of sp³-hybridized carbons (Fsp3) is 0.870. The lowest BCUT2D eigenvalue weighted by Gasteiger charge is -2.29. The lowest BCUT2D eigenvalue weighted by molar-refractivity contribution is -0.870. The number of unbranched alkanes of at least 4 members (excludes halogenated alkanes) is 44. The lowest BCUT2D eigenvalue weighted by atomic mass is 10.0. The predicted octanol–water partition coefficient (Wildman–Crippen LogP) is 20.8. The molecule has 0 aliphatic heterocycles. The number of likely N-dealkylation sites (N-methyl/N-ethyl adjacent to an activating group) is 1. The monoisotopic (exact) mass is 1120 g/mol. The van der Waals surface area contributed by atoms with E-state index in [1.807, 2.05) is 27.2 Å². The normalized spacial score (nSPS) is 14.0. The Morgan fingerprint density at radius 2 is 0.718 bits per heavy atom. The number of carbonyl (C=O) groups is 1. The summed E-state index contributed by atoms with van der Waals surface area (Å²) in [4.78, 5) is 25.6. The van der Waals surface area contributed by atoms with Crippen molar-refractivity contribution in [2.75, 3.05) is 40.9 Å². The molecule has 8 nitrogen and oxygen atoms in total.